The number of hydrogen-bond acceptors (Lipinski definition) is 8. The van der Waals surface area contributed by atoms with Gasteiger partial charge in [0.05, 0.1) is 63.9 Å². The van der Waals surface area contributed by atoms with E-state index in [4.69, 9.17) is 28.4 Å². The molecule has 2 aromatic carbocycles. The van der Waals surface area contributed by atoms with Crippen molar-refractivity contribution in [3.05, 3.63) is 73.1 Å². The predicted molar refractivity (Wildman–Crippen MR) is 138 cm³/mol. The van der Waals surface area contributed by atoms with Crippen LogP contribution in [0.15, 0.2) is 73.1 Å². The summed E-state index contributed by atoms with van der Waals surface area (Å²) in [6.45, 7) is 5.04. The third kappa shape index (κ3) is 8.73. The van der Waals surface area contributed by atoms with Gasteiger partial charge in [0.1, 0.15) is 24.7 Å². The minimum absolute atomic E-state index is 0.478. The van der Waals surface area contributed by atoms with Crippen molar-refractivity contribution in [3.63, 3.8) is 0 Å². The molecule has 0 aliphatic rings. The number of hydrogen-bond donors (Lipinski definition) is 0. The summed E-state index contributed by atoms with van der Waals surface area (Å²) in [6.07, 6.45) is 3.55. The molecule has 0 unspecified atom stereocenters. The molecule has 0 saturated carbocycles. The minimum Gasteiger partial charge on any atom is -0.491 e. The SMILES string of the molecule is c1cnc2cc(OCCOCCOCCOCCOCCOc3ccc4cccnc4c3)ccc2c1. The van der Waals surface area contributed by atoms with Crippen LogP contribution in [0, 0.1) is 0 Å². The van der Waals surface area contributed by atoms with E-state index < -0.39 is 0 Å². The van der Waals surface area contributed by atoms with E-state index in [0.717, 1.165) is 33.3 Å². The topological polar surface area (TPSA) is 81.2 Å². The molecule has 0 amide bonds. The molecule has 0 N–H and O–H groups in total. The number of pyridine rings is 2. The van der Waals surface area contributed by atoms with Gasteiger partial charge in [0.2, 0.25) is 0 Å². The summed E-state index contributed by atoms with van der Waals surface area (Å²) < 4.78 is 33.5. The monoisotopic (exact) mass is 492 g/mol. The van der Waals surface area contributed by atoms with Crippen molar-refractivity contribution >= 4 is 21.8 Å². The van der Waals surface area contributed by atoms with E-state index in [9.17, 15) is 0 Å². The van der Waals surface area contributed by atoms with Crippen molar-refractivity contribution in [1.29, 1.82) is 0 Å². The molecule has 2 aromatic heterocycles. The first kappa shape index (κ1) is 25.8. The number of benzene rings is 2. The summed E-state index contributed by atoms with van der Waals surface area (Å²) in [5, 5.41) is 2.19. The number of fused-ring (bicyclic) bond motifs is 2. The van der Waals surface area contributed by atoms with Crippen LogP contribution in [0.3, 0.4) is 0 Å². The van der Waals surface area contributed by atoms with Crippen LogP contribution in [-0.2, 0) is 18.9 Å². The fourth-order valence-electron chi connectivity index (χ4n) is 3.47. The van der Waals surface area contributed by atoms with E-state index in [1.165, 1.54) is 0 Å². The summed E-state index contributed by atoms with van der Waals surface area (Å²) in [5.74, 6) is 1.58. The average molecular weight is 493 g/mol. The Morgan fingerprint density at radius 1 is 0.444 bits per heavy atom. The summed E-state index contributed by atoms with van der Waals surface area (Å²) in [4.78, 5) is 8.66. The van der Waals surface area contributed by atoms with Crippen molar-refractivity contribution in [2.24, 2.45) is 0 Å². The lowest BCUT2D eigenvalue weighted by molar-refractivity contribution is -0.00698. The Kier molecular flexibility index (Phi) is 10.7. The van der Waals surface area contributed by atoms with Gasteiger partial charge in [-0.05, 0) is 36.4 Å². The quantitative estimate of drug-likeness (QED) is 0.202. The van der Waals surface area contributed by atoms with Gasteiger partial charge in [-0.3, -0.25) is 9.97 Å². The first-order valence-corrected chi connectivity index (χ1v) is 12.1. The van der Waals surface area contributed by atoms with Gasteiger partial charge in [0, 0.05) is 35.3 Å². The van der Waals surface area contributed by atoms with Crippen molar-refractivity contribution in [1.82, 2.24) is 9.97 Å². The number of nitrogens with zero attached hydrogens (tertiary/aromatic N) is 2. The van der Waals surface area contributed by atoms with Gasteiger partial charge in [-0.25, -0.2) is 0 Å². The highest BCUT2D eigenvalue weighted by molar-refractivity contribution is 5.80. The Morgan fingerprint density at radius 3 is 1.25 bits per heavy atom. The zero-order valence-corrected chi connectivity index (χ0v) is 20.3. The first-order chi connectivity index (χ1) is 17.9. The highest BCUT2D eigenvalue weighted by Gasteiger charge is 2.00. The van der Waals surface area contributed by atoms with Gasteiger partial charge >= 0.3 is 0 Å². The Hall–Kier alpha value is -3.30. The average Bonchev–Trinajstić information content (AvgIpc) is 2.92. The molecule has 36 heavy (non-hydrogen) atoms. The van der Waals surface area contributed by atoms with Gasteiger partial charge in [-0.2, -0.15) is 0 Å². The van der Waals surface area contributed by atoms with Crippen molar-refractivity contribution in [2.45, 2.75) is 0 Å². The Bertz CT molecular complexity index is 1100. The third-order valence-electron chi connectivity index (χ3n) is 5.26. The Balaban J connectivity index is 0.911. The molecule has 0 spiro atoms. The summed E-state index contributed by atoms with van der Waals surface area (Å²) >= 11 is 0. The van der Waals surface area contributed by atoms with E-state index in [-0.39, 0.29) is 0 Å². The molecular formula is C28H32N2O6. The summed E-state index contributed by atoms with van der Waals surface area (Å²) in [6, 6.07) is 19.6. The summed E-state index contributed by atoms with van der Waals surface area (Å²) in [7, 11) is 0. The Morgan fingerprint density at radius 2 is 0.833 bits per heavy atom. The number of ether oxygens (including phenoxy) is 6. The standard InChI is InChI=1S/C28H32N2O6/c1-3-23-5-7-25(21-27(23)29-9-1)35-19-17-33-15-13-31-11-12-32-14-16-34-18-20-36-26-8-6-24-4-2-10-30-28(24)22-26/h1-10,21-22H,11-20H2. The molecule has 0 fully saturated rings. The maximum absolute atomic E-state index is 5.71. The van der Waals surface area contributed by atoms with Gasteiger partial charge in [-0.1, -0.05) is 12.1 Å². The van der Waals surface area contributed by atoms with Crippen LogP contribution in [0.25, 0.3) is 21.8 Å². The van der Waals surface area contributed by atoms with Crippen molar-refractivity contribution in [3.8, 4) is 11.5 Å². The molecule has 2 heterocycles. The minimum atomic E-state index is 0.478. The van der Waals surface area contributed by atoms with Gasteiger partial charge in [0.15, 0.2) is 0 Å². The molecule has 0 atom stereocenters. The van der Waals surface area contributed by atoms with Crippen molar-refractivity contribution < 1.29 is 28.4 Å². The molecular weight excluding hydrogens is 460 g/mol. The second-order valence-electron chi connectivity index (χ2n) is 7.86. The van der Waals surface area contributed by atoms with Crippen LogP contribution in [0.4, 0.5) is 0 Å². The number of rotatable bonds is 17. The zero-order chi connectivity index (χ0) is 24.7. The lowest BCUT2D eigenvalue weighted by Gasteiger charge is -2.09. The predicted octanol–water partition coefficient (Wildman–Crippen LogP) is 4.31. The highest BCUT2D eigenvalue weighted by atomic mass is 16.6. The van der Waals surface area contributed by atoms with Crippen LogP contribution >= 0.6 is 0 Å². The second kappa shape index (κ2) is 15.0. The van der Waals surface area contributed by atoms with Crippen LogP contribution < -0.4 is 9.47 Å². The van der Waals surface area contributed by atoms with Crippen LogP contribution in [0.2, 0.25) is 0 Å². The van der Waals surface area contributed by atoms with Gasteiger partial charge in [-0.15, -0.1) is 0 Å². The molecule has 0 aliphatic carbocycles. The van der Waals surface area contributed by atoms with E-state index in [2.05, 4.69) is 9.97 Å². The maximum atomic E-state index is 5.71. The molecule has 4 aromatic rings. The molecule has 0 bridgehead atoms. The molecule has 8 nitrogen and oxygen atoms in total. The van der Waals surface area contributed by atoms with E-state index >= 15 is 0 Å². The molecule has 190 valence electrons. The first-order valence-electron chi connectivity index (χ1n) is 12.1. The zero-order valence-electron chi connectivity index (χ0n) is 20.3. The van der Waals surface area contributed by atoms with Crippen LogP contribution in [0.5, 0.6) is 11.5 Å². The molecule has 8 heteroatoms. The second-order valence-corrected chi connectivity index (χ2v) is 7.86. The molecule has 0 aliphatic heterocycles. The third-order valence-corrected chi connectivity index (χ3v) is 5.26. The fraction of sp³-hybridized carbons (Fsp3) is 0.357. The molecule has 0 radical (unpaired) electrons. The fourth-order valence-corrected chi connectivity index (χ4v) is 3.47. The lowest BCUT2D eigenvalue weighted by Crippen LogP contribution is -2.14. The normalized spacial score (nSPS) is 11.2. The smallest absolute Gasteiger partial charge is 0.121 e. The number of aromatic nitrogens is 2. The maximum Gasteiger partial charge on any atom is 0.121 e. The largest absolute Gasteiger partial charge is 0.491 e. The lowest BCUT2D eigenvalue weighted by atomic mass is 10.2. The van der Waals surface area contributed by atoms with Crippen molar-refractivity contribution in [2.75, 3.05) is 66.1 Å². The van der Waals surface area contributed by atoms with Crippen LogP contribution in [-0.4, -0.2) is 76.0 Å². The van der Waals surface area contributed by atoms with E-state index in [1.54, 1.807) is 12.4 Å². The van der Waals surface area contributed by atoms with Crippen LogP contribution in [0.1, 0.15) is 0 Å². The van der Waals surface area contributed by atoms with E-state index in [0.29, 0.717) is 66.1 Å². The molecule has 4 rings (SSSR count). The summed E-state index contributed by atoms with van der Waals surface area (Å²) in [5.41, 5.74) is 1.84. The van der Waals surface area contributed by atoms with E-state index in [1.807, 2.05) is 60.7 Å². The van der Waals surface area contributed by atoms with Gasteiger partial charge in [0.25, 0.3) is 0 Å². The van der Waals surface area contributed by atoms with Gasteiger partial charge < -0.3 is 28.4 Å². The molecule has 0 saturated heterocycles. The Labute approximate surface area is 211 Å². The highest BCUT2D eigenvalue weighted by Crippen LogP contribution is 2.19.